The van der Waals surface area contributed by atoms with Crippen LogP contribution in [0.15, 0.2) is 0 Å². The highest BCUT2D eigenvalue weighted by Crippen LogP contribution is 2.32. The molecule has 0 radical (unpaired) electrons. The first-order chi connectivity index (χ1) is 8.08. The minimum Gasteiger partial charge on any atom is -0.390 e. The number of primary amides is 1. The maximum Gasteiger partial charge on any atom is 0.435 e. The molecular formula is C7H7F5N4O2. The molecule has 0 saturated heterocycles. The molecule has 11 heteroatoms. The number of aliphatic hydroxyl groups excluding tert-OH is 1. The summed E-state index contributed by atoms with van der Waals surface area (Å²) in [6.45, 7) is -3.24. The Kier molecular flexibility index (Phi) is 3.55. The molecule has 0 aliphatic carbocycles. The standard InChI is InChI=1S/C7H7F5N4O2/c8-6(9,2-17)1-16-4(7(10,11)12)3(5(13)18)14-15-16/h17H,1-2H2,(H2,13,18). The second-order valence-corrected chi connectivity index (χ2v) is 3.32. The molecule has 6 nitrogen and oxygen atoms in total. The third-order valence-corrected chi connectivity index (χ3v) is 1.85. The first-order valence-electron chi connectivity index (χ1n) is 4.37. The highest BCUT2D eigenvalue weighted by Gasteiger charge is 2.43. The van der Waals surface area contributed by atoms with Crippen molar-refractivity contribution < 1.29 is 31.9 Å². The smallest absolute Gasteiger partial charge is 0.390 e. The quantitative estimate of drug-likeness (QED) is 0.757. The minimum atomic E-state index is -5.13. The van der Waals surface area contributed by atoms with E-state index < -0.39 is 42.5 Å². The molecule has 1 aromatic heterocycles. The average molecular weight is 274 g/mol. The number of nitrogens with two attached hydrogens (primary N) is 1. The molecule has 0 bridgehead atoms. The Balaban J connectivity index is 3.26. The lowest BCUT2D eigenvalue weighted by atomic mass is 10.2. The van der Waals surface area contributed by atoms with Gasteiger partial charge in [0.1, 0.15) is 13.2 Å². The van der Waals surface area contributed by atoms with E-state index in [-0.39, 0.29) is 4.68 Å². The van der Waals surface area contributed by atoms with Crippen molar-refractivity contribution in [3.8, 4) is 0 Å². The van der Waals surface area contributed by atoms with E-state index in [0.29, 0.717) is 0 Å². The van der Waals surface area contributed by atoms with Crippen molar-refractivity contribution in [2.75, 3.05) is 6.61 Å². The molecule has 0 atom stereocenters. The number of carbonyl (C=O) groups excluding carboxylic acids is 1. The predicted molar refractivity (Wildman–Crippen MR) is 45.6 cm³/mol. The van der Waals surface area contributed by atoms with E-state index in [2.05, 4.69) is 16.0 Å². The molecule has 102 valence electrons. The zero-order valence-electron chi connectivity index (χ0n) is 8.58. The molecule has 1 heterocycles. The van der Waals surface area contributed by atoms with E-state index in [1.54, 1.807) is 0 Å². The molecule has 0 saturated carbocycles. The number of halogens is 5. The van der Waals surface area contributed by atoms with Crippen LogP contribution < -0.4 is 5.73 Å². The molecule has 0 unspecified atom stereocenters. The van der Waals surface area contributed by atoms with Crippen molar-refractivity contribution in [3.05, 3.63) is 11.4 Å². The number of aliphatic hydroxyl groups is 1. The summed E-state index contributed by atoms with van der Waals surface area (Å²) in [5.74, 6) is -5.37. The van der Waals surface area contributed by atoms with Gasteiger partial charge in [0.2, 0.25) is 0 Å². The van der Waals surface area contributed by atoms with E-state index >= 15 is 0 Å². The van der Waals surface area contributed by atoms with E-state index in [1.165, 1.54) is 0 Å². The fourth-order valence-electron chi connectivity index (χ4n) is 1.14. The molecule has 3 N–H and O–H groups in total. The summed E-state index contributed by atoms with van der Waals surface area (Å²) in [5, 5.41) is 13.9. The number of hydrogen-bond acceptors (Lipinski definition) is 4. The third-order valence-electron chi connectivity index (χ3n) is 1.85. The van der Waals surface area contributed by atoms with Crippen molar-refractivity contribution in [1.29, 1.82) is 0 Å². The van der Waals surface area contributed by atoms with Crippen molar-refractivity contribution in [2.24, 2.45) is 5.73 Å². The van der Waals surface area contributed by atoms with Crippen LogP contribution in [0.2, 0.25) is 0 Å². The number of hydrogen-bond donors (Lipinski definition) is 2. The van der Waals surface area contributed by atoms with Gasteiger partial charge in [0.15, 0.2) is 11.4 Å². The lowest BCUT2D eigenvalue weighted by molar-refractivity contribution is -0.147. The Bertz CT molecular complexity index is 455. The Hall–Kier alpha value is -1.78. The van der Waals surface area contributed by atoms with Gasteiger partial charge in [-0.25, -0.2) is 13.5 Å². The van der Waals surface area contributed by atoms with Crippen molar-refractivity contribution >= 4 is 5.91 Å². The molecule has 1 aromatic rings. The first kappa shape index (κ1) is 14.3. The highest BCUT2D eigenvalue weighted by atomic mass is 19.4. The molecule has 18 heavy (non-hydrogen) atoms. The Morgan fingerprint density at radius 2 is 1.89 bits per heavy atom. The summed E-state index contributed by atoms with van der Waals surface area (Å²) < 4.78 is 63.1. The van der Waals surface area contributed by atoms with Crippen LogP contribution in [0.4, 0.5) is 22.0 Å². The summed E-state index contributed by atoms with van der Waals surface area (Å²) in [5.41, 5.74) is 1.60. The van der Waals surface area contributed by atoms with Gasteiger partial charge in [0, 0.05) is 0 Å². The van der Waals surface area contributed by atoms with Gasteiger partial charge >= 0.3 is 6.18 Å². The lowest BCUT2D eigenvalue weighted by Gasteiger charge is -2.15. The maximum absolute atomic E-state index is 12.8. The Morgan fingerprint density at radius 3 is 2.28 bits per heavy atom. The number of rotatable bonds is 4. The molecule has 1 amide bonds. The zero-order chi connectivity index (χ0) is 14.1. The topological polar surface area (TPSA) is 94.0 Å². The Morgan fingerprint density at radius 1 is 1.33 bits per heavy atom. The third kappa shape index (κ3) is 2.91. The van der Waals surface area contributed by atoms with E-state index in [1.807, 2.05) is 0 Å². The summed E-state index contributed by atoms with van der Waals surface area (Å²) in [4.78, 5) is 10.7. The van der Waals surface area contributed by atoms with Crippen LogP contribution in [0.5, 0.6) is 0 Å². The van der Waals surface area contributed by atoms with E-state index in [9.17, 15) is 26.7 Å². The van der Waals surface area contributed by atoms with Gasteiger partial charge in [-0.3, -0.25) is 4.79 Å². The molecule has 0 spiro atoms. The fraction of sp³-hybridized carbons (Fsp3) is 0.571. The molecule has 0 aliphatic rings. The van der Waals surface area contributed by atoms with Gasteiger partial charge in [-0.1, -0.05) is 5.21 Å². The molecule has 0 aliphatic heterocycles. The monoisotopic (exact) mass is 274 g/mol. The number of carbonyl (C=O) groups is 1. The van der Waals surface area contributed by atoms with Gasteiger partial charge < -0.3 is 10.8 Å². The van der Waals surface area contributed by atoms with Gasteiger partial charge in [-0.05, 0) is 0 Å². The van der Waals surface area contributed by atoms with Crippen molar-refractivity contribution in [1.82, 2.24) is 15.0 Å². The Labute approximate surface area is 96.2 Å². The molecular weight excluding hydrogens is 267 g/mol. The summed E-state index contributed by atoms with van der Waals surface area (Å²) in [7, 11) is 0. The van der Waals surface area contributed by atoms with Gasteiger partial charge in [-0.2, -0.15) is 13.2 Å². The van der Waals surface area contributed by atoms with Gasteiger partial charge in [0.05, 0.1) is 0 Å². The van der Waals surface area contributed by atoms with E-state index in [0.717, 1.165) is 0 Å². The number of amides is 1. The van der Waals surface area contributed by atoms with Crippen LogP contribution in [0.25, 0.3) is 0 Å². The average Bonchev–Trinajstić information content (AvgIpc) is 2.60. The summed E-state index contributed by atoms with van der Waals surface area (Å²) in [6.07, 6.45) is -5.13. The second kappa shape index (κ2) is 4.48. The van der Waals surface area contributed by atoms with Crippen LogP contribution >= 0.6 is 0 Å². The summed E-state index contributed by atoms with van der Waals surface area (Å²) >= 11 is 0. The maximum atomic E-state index is 12.8. The number of alkyl halides is 5. The van der Waals surface area contributed by atoms with Crippen LogP contribution in [-0.2, 0) is 12.7 Å². The van der Waals surface area contributed by atoms with Crippen molar-refractivity contribution in [3.63, 3.8) is 0 Å². The number of nitrogens with zero attached hydrogens (tertiary/aromatic N) is 3. The molecule has 0 aromatic carbocycles. The molecule has 0 fully saturated rings. The second-order valence-electron chi connectivity index (χ2n) is 3.32. The fourth-order valence-corrected chi connectivity index (χ4v) is 1.14. The van der Waals surface area contributed by atoms with Crippen molar-refractivity contribution in [2.45, 2.75) is 18.6 Å². The van der Waals surface area contributed by atoms with E-state index in [4.69, 9.17) is 5.11 Å². The van der Waals surface area contributed by atoms with Crippen LogP contribution in [-0.4, -0.2) is 38.5 Å². The van der Waals surface area contributed by atoms with Gasteiger partial charge in [0.25, 0.3) is 11.8 Å². The number of aromatic nitrogens is 3. The highest BCUT2D eigenvalue weighted by molar-refractivity contribution is 5.91. The molecule has 1 rings (SSSR count). The predicted octanol–water partition coefficient (Wildman–Crippen LogP) is 0.0234. The largest absolute Gasteiger partial charge is 0.435 e. The summed E-state index contributed by atoms with van der Waals surface area (Å²) in [6, 6.07) is 0. The SMILES string of the molecule is NC(=O)c1nnn(CC(F)(F)CO)c1C(F)(F)F. The zero-order valence-corrected chi connectivity index (χ0v) is 8.58. The normalized spacial score (nSPS) is 12.8. The first-order valence-corrected chi connectivity index (χ1v) is 4.37. The van der Waals surface area contributed by atoms with Crippen LogP contribution in [0.3, 0.4) is 0 Å². The lowest BCUT2D eigenvalue weighted by Crippen LogP contribution is -2.31. The minimum absolute atomic E-state index is 0.212. The van der Waals surface area contributed by atoms with Crippen LogP contribution in [0, 0.1) is 0 Å². The van der Waals surface area contributed by atoms with Gasteiger partial charge in [-0.15, -0.1) is 5.10 Å². The van der Waals surface area contributed by atoms with Crippen LogP contribution in [0.1, 0.15) is 16.2 Å².